The number of sulfonamides is 1. The van der Waals surface area contributed by atoms with Crippen molar-refractivity contribution >= 4 is 21.4 Å². The SMILES string of the molecule is CC(C)CCN(C)S(=O)(=O)c1csc(CO)c1. The molecule has 0 atom stereocenters. The maximum atomic E-state index is 12.1. The van der Waals surface area contributed by atoms with Gasteiger partial charge in [0.1, 0.15) is 0 Å². The molecule has 0 fully saturated rings. The third kappa shape index (κ3) is 3.77. The largest absolute Gasteiger partial charge is 0.391 e. The molecule has 0 amide bonds. The van der Waals surface area contributed by atoms with Crippen LogP contribution in [-0.4, -0.2) is 31.4 Å². The number of rotatable bonds is 6. The third-order valence-electron chi connectivity index (χ3n) is 2.52. The Morgan fingerprint density at radius 3 is 2.59 bits per heavy atom. The molecule has 0 aliphatic heterocycles. The van der Waals surface area contributed by atoms with E-state index in [0.29, 0.717) is 17.3 Å². The first-order chi connectivity index (χ1) is 7.87. The van der Waals surface area contributed by atoms with Gasteiger partial charge >= 0.3 is 0 Å². The molecule has 98 valence electrons. The Morgan fingerprint density at radius 1 is 1.47 bits per heavy atom. The van der Waals surface area contributed by atoms with Gasteiger partial charge in [-0.15, -0.1) is 11.3 Å². The lowest BCUT2D eigenvalue weighted by molar-refractivity contribution is 0.285. The fourth-order valence-corrected chi connectivity index (χ4v) is 3.63. The van der Waals surface area contributed by atoms with Crippen LogP contribution in [0.2, 0.25) is 0 Å². The molecule has 0 aliphatic rings. The second-order valence-corrected chi connectivity index (χ2v) is 7.46. The molecule has 0 bridgehead atoms. The topological polar surface area (TPSA) is 57.6 Å². The van der Waals surface area contributed by atoms with Gasteiger partial charge in [-0.05, 0) is 18.4 Å². The van der Waals surface area contributed by atoms with E-state index < -0.39 is 10.0 Å². The Balaban J connectivity index is 2.79. The highest BCUT2D eigenvalue weighted by molar-refractivity contribution is 7.89. The van der Waals surface area contributed by atoms with Gasteiger partial charge in [0.2, 0.25) is 10.0 Å². The molecule has 1 rings (SSSR count). The van der Waals surface area contributed by atoms with Crippen LogP contribution in [-0.2, 0) is 16.6 Å². The van der Waals surface area contributed by atoms with Crippen molar-refractivity contribution in [1.82, 2.24) is 4.31 Å². The predicted octanol–water partition coefficient (Wildman–Crippen LogP) is 1.91. The summed E-state index contributed by atoms with van der Waals surface area (Å²) in [6, 6.07) is 1.53. The molecule has 6 heteroatoms. The fraction of sp³-hybridized carbons (Fsp3) is 0.636. The number of aliphatic hydroxyl groups is 1. The molecule has 0 radical (unpaired) electrons. The molecular formula is C11H19NO3S2. The van der Waals surface area contributed by atoms with E-state index in [1.807, 2.05) is 0 Å². The van der Waals surface area contributed by atoms with Crippen LogP contribution in [0.3, 0.4) is 0 Å². The van der Waals surface area contributed by atoms with Crippen molar-refractivity contribution in [1.29, 1.82) is 0 Å². The van der Waals surface area contributed by atoms with E-state index in [1.54, 1.807) is 12.4 Å². The zero-order chi connectivity index (χ0) is 13.1. The molecule has 1 heterocycles. The van der Waals surface area contributed by atoms with Crippen molar-refractivity contribution in [3.8, 4) is 0 Å². The quantitative estimate of drug-likeness (QED) is 0.864. The average molecular weight is 277 g/mol. The summed E-state index contributed by atoms with van der Waals surface area (Å²) in [7, 11) is -1.80. The summed E-state index contributed by atoms with van der Waals surface area (Å²) >= 11 is 1.26. The first kappa shape index (κ1) is 14.6. The molecule has 1 N–H and O–H groups in total. The standard InChI is InChI=1S/C11H19NO3S2/c1-9(2)4-5-12(3)17(14,15)11-6-10(7-13)16-8-11/h6,8-9,13H,4-5,7H2,1-3H3. The summed E-state index contributed by atoms with van der Waals surface area (Å²) in [5, 5.41) is 10.5. The van der Waals surface area contributed by atoms with E-state index in [-0.39, 0.29) is 11.5 Å². The van der Waals surface area contributed by atoms with Gasteiger partial charge in [0, 0.05) is 23.8 Å². The van der Waals surface area contributed by atoms with Crippen LogP contribution in [0.1, 0.15) is 25.1 Å². The summed E-state index contributed by atoms with van der Waals surface area (Å²) in [5.41, 5.74) is 0. The number of thiophene rings is 1. The van der Waals surface area contributed by atoms with E-state index in [0.717, 1.165) is 6.42 Å². The van der Waals surface area contributed by atoms with Gasteiger partial charge < -0.3 is 5.11 Å². The van der Waals surface area contributed by atoms with E-state index >= 15 is 0 Å². The van der Waals surface area contributed by atoms with E-state index in [2.05, 4.69) is 13.8 Å². The minimum atomic E-state index is -3.39. The van der Waals surface area contributed by atoms with E-state index in [4.69, 9.17) is 5.11 Å². The Hall–Kier alpha value is -0.430. The van der Waals surface area contributed by atoms with Crippen LogP contribution in [0.4, 0.5) is 0 Å². The van der Waals surface area contributed by atoms with Gasteiger partial charge in [-0.25, -0.2) is 12.7 Å². The molecule has 0 aromatic carbocycles. The van der Waals surface area contributed by atoms with Gasteiger partial charge in [0.25, 0.3) is 0 Å². The predicted molar refractivity (Wildman–Crippen MR) is 69.5 cm³/mol. The highest BCUT2D eigenvalue weighted by Crippen LogP contribution is 2.22. The average Bonchev–Trinajstić information content (AvgIpc) is 2.74. The summed E-state index contributed by atoms with van der Waals surface area (Å²) < 4.78 is 25.6. The smallest absolute Gasteiger partial charge is 0.243 e. The number of hydrogen-bond acceptors (Lipinski definition) is 4. The zero-order valence-electron chi connectivity index (χ0n) is 10.4. The van der Waals surface area contributed by atoms with Crippen molar-refractivity contribution < 1.29 is 13.5 Å². The molecule has 0 spiro atoms. The second kappa shape index (κ2) is 5.95. The van der Waals surface area contributed by atoms with E-state index in [1.165, 1.54) is 21.7 Å². The molecule has 0 saturated heterocycles. The van der Waals surface area contributed by atoms with Crippen LogP contribution >= 0.6 is 11.3 Å². The Labute approximate surface area is 107 Å². The van der Waals surface area contributed by atoms with Crippen molar-refractivity contribution in [2.24, 2.45) is 5.92 Å². The van der Waals surface area contributed by atoms with Crippen LogP contribution in [0.5, 0.6) is 0 Å². The molecule has 0 aliphatic carbocycles. The monoisotopic (exact) mass is 277 g/mol. The molecule has 17 heavy (non-hydrogen) atoms. The molecule has 0 saturated carbocycles. The lowest BCUT2D eigenvalue weighted by Gasteiger charge is -2.17. The first-order valence-electron chi connectivity index (χ1n) is 5.52. The zero-order valence-corrected chi connectivity index (χ0v) is 12.0. The molecule has 1 aromatic heterocycles. The lowest BCUT2D eigenvalue weighted by Crippen LogP contribution is -2.28. The van der Waals surface area contributed by atoms with Crippen LogP contribution in [0, 0.1) is 5.92 Å². The third-order valence-corrected chi connectivity index (χ3v) is 5.42. The first-order valence-corrected chi connectivity index (χ1v) is 7.84. The second-order valence-electron chi connectivity index (χ2n) is 4.42. The minimum absolute atomic E-state index is 0.115. The maximum Gasteiger partial charge on any atom is 0.243 e. The van der Waals surface area contributed by atoms with Gasteiger partial charge in [-0.1, -0.05) is 13.8 Å². The summed E-state index contributed by atoms with van der Waals surface area (Å²) in [4.78, 5) is 0.943. The van der Waals surface area contributed by atoms with Gasteiger partial charge in [-0.3, -0.25) is 0 Å². The Bertz CT molecular complexity index is 451. The highest BCUT2D eigenvalue weighted by Gasteiger charge is 2.21. The van der Waals surface area contributed by atoms with Gasteiger partial charge in [0.05, 0.1) is 11.5 Å². The van der Waals surface area contributed by atoms with Gasteiger partial charge in [-0.2, -0.15) is 0 Å². The summed E-state index contributed by atoms with van der Waals surface area (Å²) in [6.45, 7) is 4.53. The molecule has 0 unspecified atom stereocenters. The highest BCUT2D eigenvalue weighted by atomic mass is 32.2. The van der Waals surface area contributed by atoms with Crippen LogP contribution < -0.4 is 0 Å². The number of hydrogen-bond donors (Lipinski definition) is 1. The summed E-state index contributed by atoms with van der Waals surface area (Å²) in [5.74, 6) is 0.475. The Morgan fingerprint density at radius 2 is 2.12 bits per heavy atom. The molecule has 1 aromatic rings. The van der Waals surface area contributed by atoms with Crippen LogP contribution in [0.15, 0.2) is 16.3 Å². The minimum Gasteiger partial charge on any atom is -0.391 e. The maximum absolute atomic E-state index is 12.1. The number of nitrogens with zero attached hydrogens (tertiary/aromatic N) is 1. The number of aliphatic hydroxyl groups excluding tert-OH is 1. The Kier molecular flexibility index (Phi) is 5.12. The molecular weight excluding hydrogens is 258 g/mol. The van der Waals surface area contributed by atoms with Crippen molar-refractivity contribution in [3.63, 3.8) is 0 Å². The van der Waals surface area contributed by atoms with Crippen LogP contribution in [0.25, 0.3) is 0 Å². The van der Waals surface area contributed by atoms with Crippen molar-refractivity contribution in [2.45, 2.75) is 31.8 Å². The normalized spacial score (nSPS) is 12.6. The van der Waals surface area contributed by atoms with E-state index in [9.17, 15) is 8.42 Å². The van der Waals surface area contributed by atoms with Crippen molar-refractivity contribution in [3.05, 3.63) is 16.3 Å². The van der Waals surface area contributed by atoms with Gasteiger partial charge in [0.15, 0.2) is 0 Å². The summed E-state index contributed by atoms with van der Waals surface area (Å²) in [6.07, 6.45) is 0.840. The fourth-order valence-electron chi connectivity index (χ4n) is 1.32. The van der Waals surface area contributed by atoms with Crippen molar-refractivity contribution in [2.75, 3.05) is 13.6 Å². The molecule has 4 nitrogen and oxygen atoms in total. The lowest BCUT2D eigenvalue weighted by atomic mass is 10.1.